The second-order valence-electron chi connectivity index (χ2n) is 5.11. The predicted molar refractivity (Wildman–Crippen MR) is 100 cm³/mol. The van der Waals surface area contributed by atoms with E-state index in [0.29, 0.717) is 0 Å². The Kier molecular flexibility index (Phi) is 4.84. The summed E-state index contributed by atoms with van der Waals surface area (Å²) in [6.07, 6.45) is 1.67. The van der Waals surface area contributed by atoms with E-state index in [1.165, 1.54) is 4.88 Å². The molecule has 0 atom stereocenters. The lowest BCUT2D eigenvalue weighted by atomic mass is 10.2. The molecule has 0 spiro atoms. The van der Waals surface area contributed by atoms with Crippen LogP contribution >= 0.6 is 23.1 Å². The molecule has 1 N–H and O–H groups in total. The highest BCUT2D eigenvalue weighted by Crippen LogP contribution is 2.33. The summed E-state index contributed by atoms with van der Waals surface area (Å²) in [6, 6.07) is 15.9. The van der Waals surface area contributed by atoms with Gasteiger partial charge in [0, 0.05) is 26.7 Å². The minimum atomic E-state index is 0.268. The lowest BCUT2D eigenvalue weighted by molar-refractivity contribution is 0.473. The highest BCUT2D eigenvalue weighted by atomic mass is 32.2. The Morgan fingerprint density at radius 2 is 2.00 bits per heavy atom. The summed E-state index contributed by atoms with van der Waals surface area (Å²) in [7, 11) is 0. The van der Waals surface area contributed by atoms with Crippen LogP contribution in [-0.2, 0) is 5.75 Å². The molecule has 3 aromatic rings. The van der Waals surface area contributed by atoms with Crippen LogP contribution in [0.2, 0.25) is 0 Å². The van der Waals surface area contributed by atoms with E-state index < -0.39 is 0 Å². The lowest BCUT2D eigenvalue weighted by Crippen LogP contribution is -1.82. The third-order valence-electron chi connectivity index (χ3n) is 3.50. The second-order valence-corrected chi connectivity index (χ2v) is 7.24. The van der Waals surface area contributed by atoms with Gasteiger partial charge in [-0.05, 0) is 25.1 Å². The number of benzene rings is 2. The summed E-state index contributed by atoms with van der Waals surface area (Å²) >= 11 is 3.49. The van der Waals surface area contributed by atoms with E-state index in [1.807, 2.05) is 30.3 Å². The Bertz CT molecular complexity index is 825. The van der Waals surface area contributed by atoms with Crippen LogP contribution in [0.15, 0.2) is 60.0 Å². The van der Waals surface area contributed by atoms with Crippen molar-refractivity contribution in [2.45, 2.75) is 17.6 Å². The van der Waals surface area contributed by atoms with E-state index in [2.05, 4.69) is 25.6 Å². The molecule has 2 aromatic carbocycles. The van der Waals surface area contributed by atoms with Crippen molar-refractivity contribution in [3.05, 3.63) is 71.2 Å². The van der Waals surface area contributed by atoms with Gasteiger partial charge in [0.25, 0.3) is 0 Å². The number of thioether (sulfide) groups is 1. The molecular formula is C19H17NOS2. The van der Waals surface area contributed by atoms with Crippen LogP contribution in [0.5, 0.6) is 5.75 Å². The number of aromatic hydroxyl groups is 1. The van der Waals surface area contributed by atoms with E-state index in [9.17, 15) is 5.11 Å². The third kappa shape index (κ3) is 3.66. The summed E-state index contributed by atoms with van der Waals surface area (Å²) in [4.78, 5) is 7.09. The van der Waals surface area contributed by atoms with Gasteiger partial charge in [0.2, 0.25) is 0 Å². The molecule has 0 aliphatic rings. The van der Waals surface area contributed by atoms with Gasteiger partial charge in [-0.25, -0.2) is 4.98 Å². The van der Waals surface area contributed by atoms with Crippen molar-refractivity contribution in [3.63, 3.8) is 0 Å². The van der Waals surface area contributed by atoms with Crippen molar-refractivity contribution < 1.29 is 5.11 Å². The Balaban J connectivity index is 1.76. The number of aryl methyl sites for hydroxylation is 1. The fourth-order valence-corrected chi connectivity index (χ4v) is 4.36. The molecular weight excluding hydrogens is 322 g/mol. The van der Waals surface area contributed by atoms with E-state index in [0.717, 1.165) is 32.5 Å². The van der Waals surface area contributed by atoms with Gasteiger partial charge in [-0.15, -0.1) is 23.1 Å². The molecule has 1 heterocycles. The fraction of sp³-hybridized carbons (Fsp3) is 0.105. The van der Waals surface area contributed by atoms with E-state index in [4.69, 9.17) is 4.98 Å². The van der Waals surface area contributed by atoms with Gasteiger partial charge in [-0.2, -0.15) is 0 Å². The van der Waals surface area contributed by atoms with Gasteiger partial charge in [-0.3, -0.25) is 0 Å². The van der Waals surface area contributed by atoms with Crippen molar-refractivity contribution in [2.75, 3.05) is 0 Å². The summed E-state index contributed by atoms with van der Waals surface area (Å²) in [5.74, 6) is 1.14. The maximum atomic E-state index is 9.71. The van der Waals surface area contributed by atoms with E-state index in [-0.39, 0.29) is 5.75 Å². The van der Waals surface area contributed by atoms with Gasteiger partial charge in [0.1, 0.15) is 10.8 Å². The van der Waals surface area contributed by atoms with Gasteiger partial charge < -0.3 is 5.11 Å². The minimum Gasteiger partial charge on any atom is -0.507 e. The molecule has 0 unspecified atom stereocenters. The van der Waals surface area contributed by atoms with Gasteiger partial charge in [-0.1, -0.05) is 43.0 Å². The molecule has 0 amide bonds. The normalized spacial score (nSPS) is 10.7. The summed E-state index contributed by atoms with van der Waals surface area (Å²) < 4.78 is 0. The van der Waals surface area contributed by atoms with Gasteiger partial charge in [0.05, 0.1) is 5.69 Å². The van der Waals surface area contributed by atoms with Crippen LogP contribution in [0.4, 0.5) is 0 Å². The van der Waals surface area contributed by atoms with Crippen molar-refractivity contribution in [3.8, 4) is 16.3 Å². The Morgan fingerprint density at radius 3 is 2.74 bits per heavy atom. The molecule has 0 saturated carbocycles. The van der Waals surface area contributed by atoms with Crippen molar-refractivity contribution in [1.29, 1.82) is 0 Å². The van der Waals surface area contributed by atoms with Crippen LogP contribution in [0.3, 0.4) is 0 Å². The number of hydrogen-bond acceptors (Lipinski definition) is 4. The molecule has 3 rings (SSSR count). The zero-order chi connectivity index (χ0) is 16.2. The van der Waals surface area contributed by atoms with Crippen LogP contribution in [-0.4, -0.2) is 10.1 Å². The third-order valence-corrected chi connectivity index (χ3v) is 5.91. The van der Waals surface area contributed by atoms with Gasteiger partial charge >= 0.3 is 0 Å². The number of nitrogens with zero attached hydrogens (tertiary/aromatic N) is 1. The largest absolute Gasteiger partial charge is 0.507 e. The first-order valence-electron chi connectivity index (χ1n) is 7.27. The summed E-state index contributed by atoms with van der Waals surface area (Å²) in [6.45, 7) is 5.79. The zero-order valence-electron chi connectivity index (χ0n) is 12.8. The molecule has 0 aliphatic heterocycles. The molecule has 0 fully saturated rings. The monoisotopic (exact) mass is 339 g/mol. The van der Waals surface area contributed by atoms with E-state index >= 15 is 0 Å². The predicted octanol–water partition coefficient (Wildman–Crippen LogP) is 5.76. The average molecular weight is 339 g/mol. The average Bonchev–Trinajstić information content (AvgIpc) is 2.96. The smallest absolute Gasteiger partial charge is 0.123 e. The van der Waals surface area contributed by atoms with Crippen molar-refractivity contribution in [1.82, 2.24) is 4.98 Å². The molecule has 0 aliphatic carbocycles. The molecule has 0 bridgehead atoms. The minimum absolute atomic E-state index is 0.268. The highest BCUT2D eigenvalue weighted by molar-refractivity contribution is 7.98. The molecule has 0 saturated heterocycles. The molecule has 116 valence electrons. The number of rotatable bonds is 5. The SMILES string of the molecule is C=Cc1cc(SCc2sc(-c3ccccc3)nc2C)ccc1O. The first-order valence-corrected chi connectivity index (χ1v) is 9.07. The number of hydrogen-bond donors (Lipinski definition) is 1. The van der Waals surface area contributed by atoms with Crippen LogP contribution in [0, 0.1) is 6.92 Å². The first-order chi connectivity index (χ1) is 11.2. The quantitative estimate of drug-likeness (QED) is 0.600. The topological polar surface area (TPSA) is 33.1 Å². The molecule has 4 heteroatoms. The maximum absolute atomic E-state index is 9.71. The maximum Gasteiger partial charge on any atom is 0.123 e. The van der Waals surface area contributed by atoms with Crippen LogP contribution in [0.1, 0.15) is 16.1 Å². The summed E-state index contributed by atoms with van der Waals surface area (Å²) in [5.41, 5.74) is 3.01. The Hall–Kier alpha value is -2.04. The van der Waals surface area contributed by atoms with Gasteiger partial charge in [0.15, 0.2) is 0 Å². The standard InChI is InChI=1S/C19H17NOS2/c1-3-14-11-16(9-10-17(14)21)22-12-18-13(2)20-19(23-18)15-7-5-4-6-8-15/h3-11,21H,1,12H2,2H3. The van der Waals surface area contributed by atoms with Crippen LogP contribution in [0.25, 0.3) is 16.6 Å². The Morgan fingerprint density at radius 1 is 1.22 bits per heavy atom. The van der Waals surface area contributed by atoms with Crippen molar-refractivity contribution >= 4 is 29.2 Å². The molecule has 23 heavy (non-hydrogen) atoms. The molecule has 0 radical (unpaired) electrons. The zero-order valence-corrected chi connectivity index (χ0v) is 14.5. The molecule has 1 aromatic heterocycles. The number of phenols is 1. The Labute approximate surface area is 144 Å². The van der Waals surface area contributed by atoms with E-state index in [1.54, 1.807) is 35.2 Å². The number of thiazole rings is 1. The fourth-order valence-electron chi connectivity index (χ4n) is 2.20. The lowest BCUT2D eigenvalue weighted by Gasteiger charge is -2.04. The first kappa shape index (κ1) is 15.8. The highest BCUT2D eigenvalue weighted by Gasteiger charge is 2.10. The number of phenolic OH excluding ortho intramolecular Hbond substituents is 1. The molecule has 2 nitrogen and oxygen atoms in total. The summed E-state index contributed by atoms with van der Waals surface area (Å²) in [5, 5.41) is 10.8. The number of aromatic nitrogens is 1. The van der Waals surface area contributed by atoms with Crippen LogP contribution < -0.4 is 0 Å². The van der Waals surface area contributed by atoms with Crippen molar-refractivity contribution in [2.24, 2.45) is 0 Å². The second kappa shape index (κ2) is 7.02.